The Morgan fingerprint density at radius 3 is 2.55 bits per heavy atom. The minimum Gasteiger partial charge on any atom is -0.384 e. The average Bonchev–Trinajstić information content (AvgIpc) is 2.38. The van der Waals surface area contributed by atoms with Gasteiger partial charge in [0.05, 0.1) is 10.2 Å². The summed E-state index contributed by atoms with van der Waals surface area (Å²) in [4.78, 5) is 2.06. The Balaban J connectivity index is 3.08. The second kappa shape index (κ2) is 7.62. The van der Waals surface area contributed by atoms with E-state index in [0.29, 0.717) is 11.3 Å². The number of hydrogen-bond donors (Lipinski definition) is 2. The second-order valence-electron chi connectivity index (χ2n) is 5.17. The molecule has 3 N–H and O–H groups in total. The molecule has 0 unspecified atom stereocenters. The highest BCUT2D eigenvalue weighted by Crippen LogP contribution is 2.30. The molecule has 0 aliphatic heterocycles. The van der Waals surface area contributed by atoms with Crippen LogP contribution < -0.4 is 10.6 Å². The number of unbranched alkanes of at least 4 members (excludes halogenated alkanes) is 2. The molecule has 5 heteroatoms. The Labute approximate surface area is 129 Å². The quantitative estimate of drug-likeness (QED) is 0.441. The summed E-state index contributed by atoms with van der Waals surface area (Å²) in [6, 6.07) is 3.62. The molecule has 0 saturated carbocycles. The van der Waals surface area contributed by atoms with E-state index >= 15 is 0 Å². The van der Waals surface area contributed by atoms with Crippen LogP contribution in [0.5, 0.6) is 0 Å². The summed E-state index contributed by atoms with van der Waals surface area (Å²) in [5.74, 6) is -0.479. The summed E-state index contributed by atoms with van der Waals surface area (Å²) >= 11 is 3.21. The normalized spacial score (nSPS) is 10.9. The third-order valence-corrected chi connectivity index (χ3v) is 4.06. The number of nitrogens with zero attached hydrogens (tertiary/aromatic N) is 1. The van der Waals surface area contributed by atoms with Crippen LogP contribution in [0.15, 0.2) is 16.6 Å². The predicted octanol–water partition coefficient (Wildman–Crippen LogP) is 4.28. The molecule has 0 spiro atoms. The largest absolute Gasteiger partial charge is 0.384 e. The van der Waals surface area contributed by atoms with Crippen molar-refractivity contribution in [1.29, 1.82) is 5.41 Å². The maximum absolute atomic E-state index is 14.5. The monoisotopic (exact) mass is 343 g/mol. The summed E-state index contributed by atoms with van der Waals surface area (Å²) < 4.78 is 14.8. The van der Waals surface area contributed by atoms with Crippen molar-refractivity contribution in [2.75, 3.05) is 11.4 Å². The lowest BCUT2D eigenvalue weighted by atomic mass is 10.1. The van der Waals surface area contributed by atoms with Crippen molar-refractivity contribution in [3.05, 3.63) is 28.0 Å². The average molecular weight is 344 g/mol. The minimum absolute atomic E-state index is 0.135. The van der Waals surface area contributed by atoms with Crippen molar-refractivity contribution in [2.24, 2.45) is 5.73 Å². The molecule has 0 amide bonds. The van der Waals surface area contributed by atoms with Crippen LogP contribution in [-0.2, 0) is 0 Å². The molecular weight excluding hydrogens is 321 g/mol. The maximum atomic E-state index is 14.5. The van der Waals surface area contributed by atoms with Crippen LogP contribution in [-0.4, -0.2) is 18.4 Å². The molecule has 0 saturated heterocycles. The molecule has 0 fully saturated rings. The number of benzene rings is 1. The Morgan fingerprint density at radius 2 is 2.05 bits per heavy atom. The summed E-state index contributed by atoms with van der Waals surface area (Å²) in [5.41, 5.74) is 6.40. The number of amidine groups is 1. The Bertz CT molecular complexity index is 474. The van der Waals surface area contributed by atoms with E-state index in [2.05, 4.69) is 41.6 Å². The van der Waals surface area contributed by atoms with Crippen LogP contribution in [0.25, 0.3) is 0 Å². The summed E-state index contributed by atoms with van der Waals surface area (Å²) in [5, 5.41) is 7.44. The van der Waals surface area contributed by atoms with E-state index in [9.17, 15) is 4.39 Å². The van der Waals surface area contributed by atoms with Crippen molar-refractivity contribution in [3.63, 3.8) is 0 Å². The fourth-order valence-electron chi connectivity index (χ4n) is 2.16. The molecule has 1 aromatic carbocycles. The van der Waals surface area contributed by atoms with Gasteiger partial charge < -0.3 is 10.6 Å². The van der Waals surface area contributed by atoms with Gasteiger partial charge in [-0.15, -0.1) is 0 Å². The van der Waals surface area contributed by atoms with Crippen LogP contribution in [0.1, 0.15) is 45.6 Å². The zero-order chi connectivity index (χ0) is 15.3. The first-order chi connectivity index (χ1) is 9.40. The molecule has 0 aromatic heterocycles. The first-order valence-corrected chi connectivity index (χ1v) is 7.78. The molecule has 0 bridgehead atoms. The van der Waals surface area contributed by atoms with Crippen molar-refractivity contribution >= 4 is 27.5 Å². The first kappa shape index (κ1) is 17.0. The first-order valence-electron chi connectivity index (χ1n) is 6.99. The highest BCUT2D eigenvalue weighted by Gasteiger charge is 2.19. The van der Waals surface area contributed by atoms with E-state index in [0.717, 1.165) is 25.8 Å². The van der Waals surface area contributed by atoms with Gasteiger partial charge in [0.1, 0.15) is 5.84 Å². The summed E-state index contributed by atoms with van der Waals surface area (Å²) in [7, 11) is 0. The standard InChI is InChI=1S/C15H23BrFN3/c1-4-5-6-9-20(10(2)3)12-8-7-11(15(18)19)13(16)14(12)17/h7-8,10H,4-6,9H2,1-3H3,(H3,18,19). The van der Waals surface area contributed by atoms with Gasteiger partial charge in [0.25, 0.3) is 0 Å². The molecule has 0 aliphatic carbocycles. The fourth-order valence-corrected chi connectivity index (χ4v) is 2.71. The van der Waals surface area contributed by atoms with Crippen LogP contribution in [0, 0.1) is 11.2 Å². The minimum atomic E-state index is -0.345. The highest BCUT2D eigenvalue weighted by molar-refractivity contribution is 9.10. The number of rotatable bonds is 7. The van der Waals surface area contributed by atoms with Gasteiger partial charge in [-0.2, -0.15) is 0 Å². The van der Waals surface area contributed by atoms with Gasteiger partial charge in [-0.25, -0.2) is 4.39 Å². The van der Waals surface area contributed by atoms with E-state index in [1.165, 1.54) is 0 Å². The van der Waals surface area contributed by atoms with Crippen molar-refractivity contribution in [1.82, 2.24) is 0 Å². The molecule has 112 valence electrons. The molecule has 3 nitrogen and oxygen atoms in total. The zero-order valence-corrected chi connectivity index (χ0v) is 13.9. The van der Waals surface area contributed by atoms with Crippen LogP contribution in [0.3, 0.4) is 0 Å². The van der Waals surface area contributed by atoms with Crippen molar-refractivity contribution < 1.29 is 4.39 Å². The lowest BCUT2D eigenvalue weighted by Gasteiger charge is -2.30. The van der Waals surface area contributed by atoms with E-state index in [4.69, 9.17) is 11.1 Å². The maximum Gasteiger partial charge on any atom is 0.161 e. The highest BCUT2D eigenvalue weighted by atomic mass is 79.9. The zero-order valence-electron chi connectivity index (χ0n) is 12.3. The molecule has 1 aromatic rings. The molecule has 0 heterocycles. The number of hydrogen-bond acceptors (Lipinski definition) is 2. The van der Waals surface area contributed by atoms with Gasteiger partial charge in [-0.3, -0.25) is 5.41 Å². The number of nitrogen functional groups attached to an aromatic ring is 1. The van der Waals surface area contributed by atoms with E-state index in [-0.39, 0.29) is 22.2 Å². The molecule has 0 radical (unpaired) electrons. The number of halogens is 2. The van der Waals surface area contributed by atoms with Gasteiger partial charge in [0.15, 0.2) is 5.82 Å². The van der Waals surface area contributed by atoms with Crippen molar-refractivity contribution in [2.45, 2.75) is 46.1 Å². The Morgan fingerprint density at radius 1 is 1.40 bits per heavy atom. The van der Waals surface area contributed by atoms with Crippen LogP contribution >= 0.6 is 15.9 Å². The Hall–Kier alpha value is -1.10. The third kappa shape index (κ3) is 3.95. The van der Waals surface area contributed by atoms with Crippen LogP contribution in [0.2, 0.25) is 0 Å². The van der Waals surface area contributed by atoms with Gasteiger partial charge in [-0.1, -0.05) is 19.8 Å². The van der Waals surface area contributed by atoms with E-state index < -0.39 is 0 Å². The van der Waals surface area contributed by atoms with E-state index in [1.807, 2.05) is 0 Å². The fraction of sp³-hybridized carbons (Fsp3) is 0.533. The predicted molar refractivity (Wildman–Crippen MR) is 87.1 cm³/mol. The van der Waals surface area contributed by atoms with E-state index in [1.54, 1.807) is 12.1 Å². The van der Waals surface area contributed by atoms with Gasteiger partial charge >= 0.3 is 0 Å². The summed E-state index contributed by atoms with van der Waals surface area (Å²) in [6.45, 7) is 7.09. The Kier molecular flexibility index (Phi) is 6.46. The van der Waals surface area contributed by atoms with Crippen molar-refractivity contribution in [3.8, 4) is 0 Å². The molecular formula is C15H23BrFN3. The molecule has 0 atom stereocenters. The number of nitrogens with one attached hydrogen (secondary N) is 1. The molecule has 1 rings (SSSR count). The van der Waals surface area contributed by atoms with Crippen LogP contribution in [0.4, 0.5) is 10.1 Å². The molecule has 20 heavy (non-hydrogen) atoms. The van der Waals surface area contributed by atoms with Gasteiger partial charge in [0, 0.05) is 18.2 Å². The number of anilines is 1. The lowest BCUT2D eigenvalue weighted by molar-refractivity contribution is 0.580. The number of nitrogens with two attached hydrogens (primary N) is 1. The third-order valence-electron chi connectivity index (χ3n) is 3.29. The summed E-state index contributed by atoms with van der Waals surface area (Å²) in [6.07, 6.45) is 3.32. The van der Waals surface area contributed by atoms with Gasteiger partial charge in [0.2, 0.25) is 0 Å². The topological polar surface area (TPSA) is 53.1 Å². The molecule has 0 aliphatic rings. The second-order valence-corrected chi connectivity index (χ2v) is 5.96. The van der Waals surface area contributed by atoms with Gasteiger partial charge in [-0.05, 0) is 48.3 Å². The lowest BCUT2D eigenvalue weighted by Crippen LogP contribution is -2.32. The SMILES string of the molecule is CCCCCN(c1ccc(C(=N)N)c(Br)c1F)C(C)C. The smallest absolute Gasteiger partial charge is 0.161 e.